The van der Waals surface area contributed by atoms with Crippen molar-refractivity contribution in [2.45, 2.75) is 71.4 Å². The Morgan fingerprint density at radius 3 is 2.48 bits per heavy atom. The molecule has 1 saturated carbocycles. The number of hydrogen-bond acceptors (Lipinski definition) is 5. The molecule has 1 rings (SSSR count). The molecule has 124 valence electrons. The molecule has 0 amide bonds. The van der Waals surface area contributed by atoms with Gasteiger partial charge in [-0.2, -0.15) is 0 Å². The van der Waals surface area contributed by atoms with E-state index in [0.717, 1.165) is 25.7 Å². The van der Waals surface area contributed by atoms with E-state index < -0.39 is 5.60 Å². The Bertz CT molecular complexity index is 310. The molecule has 3 atom stereocenters. The van der Waals surface area contributed by atoms with Gasteiger partial charge in [0.1, 0.15) is 5.60 Å². The van der Waals surface area contributed by atoms with Crippen molar-refractivity contribution in [2.75, 3.05) is 20.3 Å². The molecule has 5 heteroatoms. The first-order valence-corrected chi connectivity index (χ1v) is 7.82. The third-order valence-corrected chi connectivity index (χ3v) is 3.51. The van der Waals surface area contributed by atoms with Crippen LogP contribution in [0.5, 0.6) is 0 Å². The van der Waals surface area contributed by atoms with E-state index in [9.17, 15) is 4.79 Å². The van der Waals surface area contributed by atoms with Gasteiger partial charge in [0.25, 0.3) is 0 Å². The van der Waals surface area contributed by atoms with Crippen LogP contribution < -0.4 is 0 Å². The lowest BCUT2D eigenvalue weighted by molar-refractivity contribution is -0.170. The minimum atomic E-state index is -0.448. The number of esters is 1. The summed E-state index contributed by atoms with van der Waals surface area (Å²) in [7, 11) is 1.60. The molecule has 0 heterocycles. The Morgan fingerprint density at radius 1 is 1.19 bits per heavy atom. The normalized spacial score (nSPS) is 24.6. The Hall–Kier alpha value is -0.650. The molecule has 0 aliphatic heterocycles. The van der Waals surface area contributed by atoms with E-state index in [1.807, 2.05) is 27.7 Å². The summed E-state index contributed by atoms with van der Waals surface area (Å²) in [5, 5.41) is 0. The standard InChI is InChI=1S/C16H30O5/c1-12(18-5)19-10-11-20-14-9-7-6-8-13(14)15(17)21-16(2,3)4/h12-14H,6-11H2,1-5H3. The van der Waals surface area contributed by atoms with Gasteiger partial charge in [-0.25, -0.2) is 0 Å². The molecule has 1 aliphatic carbocycles. The van der Waals surface area contributed by atoms with Gasteiger partial charge >= 0.3 is 5.97 Å². The average Bonchev–Trinajstić information content (AvgIpc) is 2.41. The lowest BCUT2D eigenvalue weighted by Crippen LogP contribution is -2.38. The summed E-state index contributed by atoms with van der Waals surface area (Å²) in [6.45, 7) is 8.45. The first-order chi connectivity index (χ1) is 9.83. The van der Waals surface area contributed by atoms with Crippen molar-refractivity contribution in [2.24, 2.45) is 5.92 Å². The third kappa shape index (κ3) is 7.25. The maximum absolute atomic E-state index is 12.3. The lowest BCUT2D eigenvalue weighted by atomic mass is 9.86. The fraction of sp³-hybridized carbons (Fsp3) is 0.938. The zero-order chi connectivity index (χ0) is 15.9. The van der Waals surface area contributed by atoms with Crippen molar-refractivity contribution >= 4 is 5.97 Å². The molecule has 0 saturated heterocycles. The van der Waals surface area contributed by atoms with Gasteiger partial charge in [-0.1, -0.05) is 12.8 Å². The lowest BCUT2D eigenvalue weighted by Gasteiger charge is -2.32. The monoisotopic (exact) mass is 302 g/mol. The van der Waals surface area contributed by atoms with Gasteiger partial charge in [-0.15, -0.1) is 0 Å². The fourth-order valence-corrected chi connectivity index (χ4v) is 2.43. The van der Waals surface area contributed by atoms with E-state index in [4.69, 9.17) is 18.9 Å². The Kier molecular flexibility index (Phi) is 7.63. The van der Waals surface area contributed by atoms with Crippen LogP contribution in [0.2, 0.25) is 0 Å². The molecule has 0 aromatic rings. The summed E-state index contributed by atoms with van der Waals surface area (Å²) in [5.74, 6) is -0.295. The highest BCUT2D eigenvalue weighted by molar-refractivity contribution is 5.73. The van der Waals surface area contributed by atoms with Gasteiger partial charge in [-0.3, -0.25) is 4.79 Å². The molecular formula is C16H30O5. The summed E-state index contributed by atoms with van der Waals surface area (Å²) in [4.78, 5) is 12.3. The molecule has 0 spiro atoms. The summed E-state index contributed by atoms with van der Waals surface area (Å²) in [5.41, 5.74) is -0.448. The average molecular weight is 302 g/mol. The molecule has 3 unspecified atom stereocenters. The quantitative estimate of drug-likeness (QED) is 0.411. The first kappa shape index (κ1) is 18.4. The van der Waals surface area contributed by atoms with Crippen LogP contribution in [0.15, 0.2) is 0 Å². The topological polar surface area (TPSA) is 54.0 Å². The SMILES string of the molecule is COC(C)OCCOC1CCCCC1C(=O)OC(C)(C)C. The number of carbonyl (C=O) groups is 1. The van der Waals surface area contributed by atoms with Gasteiger partial charge in [0.2, 0.25) is 0 Å². The molecule has 5 nitrogen and oxygen atoms in total. The minimum absolute atomic E-state index is 0.0601. The van der Waals surface area contributed by atoms with Gasteiger partial charge in [0.05, 0.1) is 25.2 Å². The van der Waals surface area contributed by atoms with Crippen LogP contribution in [-0.4, -0.2) is 44.3 Å². The molecule has 21 heavy (non-hydrogen) atoms. The highest BCUT2D eigenvalue weighted by Gasteiger charge is 2.34. The number of hydrogen-bond donors (Lipinski definition) is 0. The van der Waals surface area contributed by atoms with Gasteiger partial charge < -0.3 is 18.9 Å². The molecule has 1 fully saturated rings. The molecule has 0 aromatic heterocycles. The largest absolute Gasteiger partial charge is 0.460 e. The number of methoxy groups -OCH3 is 1. The highest BCUT2D eigenvalue weighted by Crippen LogP contribution is 2.29. The second-order valence-electron chi connectivity index (χ2n) is 6.51. The van der Waals surface area contributed by atoms with Crippen LogP contribution in [0.1, 0.15) is 53.4 Å². The molecule has 1 aliphatic rings. The molecule has 0 aromatic carbocycles. The van der Waals surface area contributed by atoms with Gasteiger partial charge in [0.15, 0.2) is 6.29 Å². The number of rotatable bonds is 7. The van der Waals surface area contributed by atoms with Crippen molar-refractivity contribution in [3.8, 4) is 0 Å². The van der Waals surface area contributed by atoms with E-state index in [1.165, 1.54) is 0 Å². The summed E-state index contributed by atoms with van der Waals surface area (Å²) >= 11 is 0. The molecular weight excluding hydrogens is 272 g/mol. The summed E-state index contributed by atoms with van der Waals surface area (Å²) in [6, 6.07) is 0. The maximum atomic E-state index is 12.3. The molecule has 0 N–H and O–H groups in total. The van der Waals surface area contributed by atoms with E-state index >= 15 is 0 Å². The third-order valence-electron chi connectivity index (χ3n) is 3.51. The van der Waals surface area contributed by atoms with Crippen LogP contribution in [-0.2, 0) is 23.7 Å². The van der Waals surface area contributed by atoms with Crippen molar-refractivity contribution in [3.05, 3.63) is 0 Å². The van der Waals surface area contributed by atoms with E-state index in [2.05, 4.69) is 0 Å². The van der Waals surface area contributed by atoms with E-state index in [1.54, 1.807) is 7.11 Å². The number of ether oxygens (including phenoxy) is 4. The van der Waals surface area contributed by atoms with Crippen LogP contribution in [0.25, 0.3) is 0 Å². The molecule has 0 bridgehead atoms. The fourth-order valence-electron chi connectivity index (χ4n) is 2.43. The first-order valence-electron chi connectivity index (χ1n) is 7.82. The predicted molar refractivity (Wildman–Crippen MR) is 80.0 cm³/mol. The van der Waals surface area contributed by atoms with Gasteiger partial charge in [0, 0.05) is 7.11 Å². The summed E-state index contributed by atoms with van der Waals surface area (Å²) in [6.07, 6.45) is 3.61. The predicted octanol–water partition coefficient (Wildman–Crippen LogP) is 2.91. The summed E-state index contributed by atoms with van der Waals surface area (Å²) < 4.78 is 21.7. The zero-order valence-corrected chi connectivity index (χ0v) is 14.0. The van der Waals surface area contributed by atoms with Crippen molar-refractivity contribution in [1.29, 1.82) is 0 Å². The minimum Gasteiger partial charge on any atom is -0.460 e. The van der Waals surface area contributed by atoms with Crippen LogP contribution in [0, 0.1) is 5.92 Å². The van der Waals surface area contributed by atoms with Gasteiger partial charge in [-0.05, 0) is 40.5 Å². The maximum Gasteiger partial charge on any atom is 0.312 e. The zero-order valence-electron chi connectivity index (χ0n) is 14.0. The highest BCUT2D eigenvalue weighted by atomic mass is 16.7. The van der Waals surface area contributed by atoms with Crippen molar-refractivity contribution in [3.63, 3.8) is 0 Å². The Labute approximate surface area is 128 Å². The number of carbonyl (C=O) groups excluding carboxylic acids is 1. The Balaban J connectivity index is 2.40. The molecule has 0 radical (unpaired) electrons. The van der Waals surface area contributed by atoms with E-state index in [0.29, 0.717) is 13.2 Å². The Morgan fingerprint density at radius 2 is 1.86 bits per heavy atom. The van der Waals surface area contributed by atoms with E-state index in [-0.39, 0.29) is 24.3 Å². The van der Waals surface area contributed by atoms with Crippen LogP contribution in [0.4, 0.5) is 0 Å². The van der Waals surface area contributed by atoms with Crippen LogP contribution in [0.3, 0.4) is 0 Å². The van der Waals surface area contributed by atoms with Crippen LogP contribution >= 0.6 is 0 Å². The second kappa shape index (κ2) is 8.71. The van der Waals surface area contributed by atoms with Crippen molar-refractivity contribution in [1.82, 2.24) is 0 Å². The second-order valence-corrected chi connectivity index (χ2v) is 6.51. The van der Waals surface area contributed by atoms with Crippen molar-refractivity contribution < 1.29 is 23.7 Å². The smallest absolute Gasteiger partial charge is 0.312 e.